The first-order valence-electron chi connectivity index (χ1n) is 9.96. The molecule has 7 heteroatoms. The first kappa shape index (κ1) is 19.0. The number of carbonyl (C=O) groups is 1. The lowest BCUT2D eigenvalue weighted by molar-refractivity contribution is -0.121. The Morgan fingerprint density at radius 1 is 0.931 bits per heavy atom. The Balaban J connectivity index is 1.39. The topological polar surface area (TPSA) is 73.8 Å². The number of fused-ring (bicyclic) bond motifs is 2. The summed E-state index contributed by atoms with van der Waals surface area (Å²) in [4.78, 5) is 29.6. The lowest BCUT2D eigenvalue weighted by atomic mass is 10.3. The van der Waals surface area contributed by atoms with Crippen molar-refractivity contribution in [3.05, 3.63) is 64.8 Å². The van der Waals surface area contributed by atoms with Gasteiger partial charge in [-0.2, -0.15) is 0 Å². The number of aromatic nitrogens is 4. The van der Waals surface area contributed by atoms with Crippen LogP contribution in [0.4, 0.5) is 0 Å². The molecule has 0 saturated carbocycles. The Labute approximate surface area is 168 Å². The molecule has 0 spiro atoms. The Morgan fingerprint density at radius 3 is 2.31 bits per heavy atom. The minimum atomic E-state index is -0.0676. The Hall–Kier alpha value is -3.35. The van der Waals surface area contributed by atoms with Crippen molar-refractivity contribution in [2.24, 2.45) is 0 Å². The van der Waals surface area contributed by atoms with E-state index < -0.39 is 0 Å². The highest BCUT2D eigenvalue weighted by Crippen LogP contribution is 2.15. The number of nitrogens with one attached hydrogen (secondary N) is 1. The second kappa shape index (κ2) is 7.95. The van der Waals surface area contributed by atoms with Crippen LogP contribution in [0, 0.1) is 6.92 Å². The van der Waals surface area contributed by atoms with Crippen LogP contribution in [0.3, 0.4) is 0 Å². The predicted molar refractivity (Wildman–Crippen MR) is 114 cm³/mol. The Bertz CT molecular complexity index is 1230. The number of hydrogen-bond donors (Lipinski definition) is 1. The van der Waals surface area contributed by atoms with Gasteiger partial charge in [0.05, 0.1) is 22.1 Å². The number of para-hydroxylation sites is 4. The summed E-state index contributed by atoms with van der Waals surface area (Å²) in [6.45, 7) is 6.07. The number of aryl methyl sites for hydroxylation is 3. The average molecular weight is 391 g/mol. The fourth-order valence-electron chi connectivity index (χ4n) is 3.88. The van der Waals surface area contributed by atoms with E-state index in [9.17, 15) is 9.59 Å². The van der Waals surface area contributed by atoms with Gasteiger partial charge >= 0.3 is 5.69 Å². The van der Waals surface area contributed by atoms with Crippen LogP contribution in [0.1, 0.15) is 19.2 Å². The molecule has 0 aliphatic rings. The summed E-state index contributed by atoms with van der Waals surface area (Å²) < 4.78 is 5.53. The van der Waals surface area contributed by atoms with Crippen molar-refractivity contribution in [1.29, 1.82) is 0 Å². The number of benzene rings is 2. The van der Waals surface area contributed by atoms with Crippen molar-refractivity contribution < 1.29 is 4.79 Å². The highest BCUT2D eigenvalue weighted by Gasteiger charge is 2.13. The molecule has 0 aliphatic heterocycles. The van der Waals surface area contributed by atoms with Crippen molar-refractivity contribution in [1.82, 2.24) is 24.0 Å². The lowest BCUT2D eigenvalue weighted by Gasteiger charge is -2.09. The molecule has 7 nitrogen and oxygen atoms in total. The van der Waals surface area contributed by atoms with Gasteiger partial charge in [0.2, 0.25) is 5.91 Å². The van der Waals surface area contributed by atoms with E-state index in [0.29, 0.717) is 26.2 Å². The van der Waals surface area contributed by atoms with Gasteiger partial charge in [0.25, 0.3) is 0 Å². The molecule has 2 aromatic carbocycles. The van der Waals surface area contributed by atoms with Crippen LogP contribution in [-0.4, -0.2) is 31.1 Å². The van der Waals surface area contributed by atoms with Gasteiger partial charge in [-0.05, 0) is 38.1 Å². The first-order valence-corrected chi connectivity index (χ1v) is 9.96. The number of hydrogen-bond acceptors (Lipinski definition) is 3. The third-order valence-corrected chi connectivity index (χ3v) is 5.31. The summed E-state index contributed by atoms with van der Waals surface area (Å²) in [5.74, 6) is 0.867. The molecule has 0 radical (unpaired) electrons. The van der Waals surface area contributed by atoms with Gasteiger partial charge in [0.15, 0.2) is 0 Å². The summed E-state index contributed by atoms with van der Waals surface area (Å²) in [5, 5.41) is 2.96. The van der Waals surface area contributed by atoms with Gasteiger partial charge in [-0.25, -0.2) is 9.78 Å². The highest BCUT2D eigenvalue weighted by molar-refractivity contribution is 5.78. The maximum atomic E-state index is 12.6. The zero-order valence-corrected chi connectivity index (χ0v) is 16.8. The normalized spacial score (nSPS) is 11.4. The largest absolute Gasteiger partial charge is 0.354 e. The third-order valence-electron chi connectivity index (χ3n) is 5.31. The lowest BCUT2D eigenvalue weighted by Crippen LogP contribution is -2.30. The van der Waals surface area contributed by atoms with Gasteiger partial charge in [0, 0.05) is 32.6 Å². The number of nitrogens with zero attached hydrogens (tertiary/aromatic N) is 4. The third kappa shape index (κ3) is 3.55. The van der Waals surface area contributed by atoms with Gasteiger partial charge in [-0.3, -0.25) is 13.9 Å². The summed E-state index contributed by atoms with van der Waals surface area (Å²) in [7, 11) is 0. The van der Waals surface area contributed by atoms with Gasteiger partial charge in [0.1, 0.15) is 5.82 Å². The first-order chi connectivity index (χ1) is 14.1. The fourth-order valence-corrected chi connectivity index (χ4v) is 3.88. The number of amides is 1. The smallest absolute Gasteiger partial charge is 0.329 e. The average Bonchev–Trinajstić information content (AvgIpc) is 3.19. The van der Waals surface area contributed by atoms with Crippen molar-refractivity contribution >= 4 is 28.0 Å². The SMILES string of the molecule is CCn1c(=O)n(CCC(=O)NCCn2c(C)nc3ccccc32)c2ccccc21. The Kier molecular flexibility index (Phi) is 5.20. The molecule has 0 saturated heterocycles. The standard InChI is InChI=1S/C22H25N5O2/c1-3-25-19-10-6-7-11-20(19)27(22(25)29)14-12-21(28)23-13-15-26-16(2)24-17-8-4-5-9-18(17)26/h4-11H,3,12-15H2,1-2H3,(H,23,28). The van der Waals surface area contributed by atoms with Crippen LogP contribution in [-0.2, 0) is 24.4 Å². The monoisotopic (exact) mass is 391 g/mol. The number of carbonyl (C=O) groups excluding carboxylic acids is 1. The van der Waals surface area contributed by atoms with Crippen LogP contribution < -0.4 is 11.0 Å². The molecule has 150 valence electrons. The second-order valence-electron chi connectivity index (χ2n) is 7.07. The fraction of sp³-hybridized carbons (Fsp3) is 0.318. The zero-order chi connectivity index (χ0) is 20.4. The van der Waals surface area contributed by atoms with Crippen LogP contribution >= 0.6 is 0 Å². The summed E-state index contributed by atoms with van der Waals surface area (Å²) >= 11 is 0. The number of rotatable bonds is 7. The summed E-state index contributed by atoms with van der Waals surface area (Å²) in [6.07, 6.45) is 0.265. The van der Waals surface area contributed by atoms with Crippen LogP contribution in [0.15, 0.2) is 53.3 Å². The molecule has 29 heavy (non-hydrogen) atoms. The van der Waals surface area contributed by atoms with E-state index >= 15 is 0 Å². The minimum Gasteiger partial charge on any atom is -0.354 e. The molecule has 0 fully saturated rings. The molecule has 1 amide bonds. The van der Waals surface area contributed by atoms with Crippen molar-refractivity contribution in [2.45, 2.75) is 39.9 Å². The van der Waals surface area contributed by atoms with Crippen molar-refractivity contribution in [3.63, 3.8) is 0 Å². The quantitative estimate of drug-likeness (QED) is 0.526. The van der Waals surface area contributed by atoms with E-state index in [-0.39, 0.29) is 18.0 Å². The van der Waals surface area contributed by atoms with E-state index in [1.165, 1.54) is 0 Å². The van der Waals surface area contributed by atoms with Crippen LogP contribution in [0.5, 0.6) is 0 Å². The van der Waals surface area contributed by atoms with Crippen LogP contribution in [0.25, 0.3) is 22.1 Å². The van der Waals surface area contributed by atoms with E-state index in [1.54, 1.807) is 9.13 Å². The molecule has 2 heterocycles. The van der Waals surface area contributed by atoms with Gasteiger partial charge in [-0.1, -0.05) is 24.3 Å². The maximum Gasteiger partial charge on any atom is 0.329 e. The van der Waals surface area contributed by atoms with Crippen LogP contribution in [0.2, 0.25) is 0 Å². The van der Waals surface area contributed by atoms with E-state index in [0.717, 1.165) is 27.9 Å². The van der Waals surface area contributed by atoms with E-state index in [1.807, 2.05) is 62.4 Å². The molecular weight excluding hydrogens is 366 g/mol. The summed E-state index contributed by atoms with van der Waals surface area (Å²) in [5.41, 5.74) is 3.73. The number of imidazole rings is 2. The molecule has 4 aromatic rings. The molecule has 0 unspecified atom stereocenters. The van der Waals surface area contributed by atoms with E-state index in [2.05, 4.69) is 14.9 Å². The van der Waals surface area contributed by atoms with E-state index in [4.69, 9.17) is 0 Å². The molecule has 2 aromatic heterocycles. The second-order valence-corrected chi connectivity index (χ2v) is 7.07. The van der Waals surface area contributed by atoms with Crippen molar-refractivity contribution in [2.75, 3.05) is 6.54 Å². The van der Waals surface area contributed by atoms with Gasteiger partial charge < -0.3 is 9.88 Å². The molecule has 4 rings (SSSR count). The molecule has 0 atom stereocenters. The zero-order valence-electron chi connectivity index (χ0n) is 16.8. The molecule has 0 aliphatic carbocycles. The molecule has 1 N–H and O–H groups in total. The molecular formula is C22H25N5O2. The van der Waals surface area contributed by atoms with Crippen molar-refractivity contribution in [3.8, 4) is 0 Å². The predicted octanol–water partition coefficient (Wildman–Crippen LogP) is 2.69. The summed E-state index contributed by atoms with van der Waals surface area (Å²) in [6, 6.07) is 15.7. The minimum absolute atomic E-state index is 0.0627. The molecule has 0 bridgehead atoms. The highest BCUT2D eigenvalue weighted by atomic mass is 16.2. The van der Waals surface area contributed by atoms with Gasteiger partial charge in [-0.15, -0.1) is 0 Å². The Morgan fingerprint density at radius 2 is 1.59 bits per heavy atom. The maximum absolute atomic E-state index is 12.6.